The standard InChI is InChI=1S/C20H16F3N3O2/c1-26(10-12-6-8-13(9-7-12)20(21,22)23)11-16-24-17-14-4-2-3-5-15(14)28-18(17)19(27)25-16/h2-9H,10-11H2,1H3,(H,24,25,27)/p+1. The van der Waals surface area contributed by atoms with Crippen LogP contribution in [0.4, 0.5) is 13.2 Å². The van der Waals surface area contributed by atoms with Gasteiger partial charge in [-0.05, 0) is 24.3 Å². The number of nitrogens with one attached hydrogen (secondary N) is 2. The maximum absolute atomic E-state index is 12.7. The fourth-order valence-electron chi connectivity index (χ4n) is 3.24. The quantitative estimate of drug-likeness (QED) is 0.565. The van der Waals surface area contributed by atoms with Crippen molar-refractivity contribution in [2.24, 2.45) is 0 Å². The van der Waals surface area contributed by atoms with Gasteiger partial charge in [0.15, 0.2) is 5.82 Å². The van der Waals surface area contributed by atoms with Crippen LogP contribution in [-0.2, 0) is 19.3 Å². The number of fused-ring (bicyclic) bond motifs is 3. The molecular weight excluding hydrogens is 371 g/mol. The summed E-state index contributed by atoms with van der Waals surface area (Å²) >= 11 is 0. The van der Waals surface area contributed by atoms with E-state index in [1.807, 2.05) is 25.2 Å². The number of halogens is 3. The van der Waals surface area contributed by atoms with Crippen LogP contribution < -0.4 is 10.5 Å². The van der Waals surface area contributed by atoms with E-state index in [1.54, 1.807) is 6.07 Å². The third-order valence-electron chi connectivity index (χ3n) is 4.54. The fourth-order valence-corrected chi connectivity index (χ4v) is 3.24. The number of hydrogen-bond donors (Lipinski definition) is 2. The maximum atomic E-state index is 12.7. The maximum Gasteiger partial charge on any atom is 0.416 e. The van der Waals surface area contributed by atoms with Crippen molar-refractivity contribution in [3.05, 3.63) is 75.8 Å². The van der Waals surface area contributed by atoms with Gasteiger partial charge in [0, 0.05) is 10.9 Å². The van der Waals surface area contributed by atoms with Crippen LogP contribution in [0, 0.1) is 0 Å². The summed E-state index contributed by atoms with van der Waals surface area (Å²) in [5, 5.41) is 0.769. The summed E-state index contributed by atoms with van der Waals surface area (Å²) in [4.78, 5) is 20.6. The Kier molecular flexibility index (Phi) is 4.43. The highest BCUT2D eigenvalue weighted by atomic mass is 19.4. The predicted octanol–water partition coefficient (Wildman–Crippen LogP) is 2.90. The lowest BCUT2D eigenvalue weighted by Crippen LogP contribution is -3.06. The topological polar surface area (TPSA) is 63.3 Å². The first-order valence-electron chi connectivity index (χ1n) is 8.69. The van der Waals surface area contributed by atoms with Crippen molar-refractivity contribution in [2.45, 2.75) is 19.3 Å². The first-order chi connectivity index (χ1) is 13.3. The van der Waals surface area contributed by atoms with Crippen molar-refractivity contribution in [2.75, 3.05) is 7.05 Å². The van der Waals surface area contributed by atoms with E-state index in [2.05, 4.69) is 9.97 Å². The van der Waals surface area contributed by atoms with E-state index in [0.717, 1.165) is 28.0 Å². The van der Waals surface area contributed by atoms with Gasteiger partial charge in [0.2, 0.25) is 5.58 Å². The highest BCUT2D eigenvalue weighted by Crippen LogP contribution is 2.29. The Morgan fingerprint density at radius 1 is 1.07 bits per heavy atom. The molecule has 5 nitrogen and oxygen atoms in total. The highest BCUT2D eigenvalue weighted by molar-refractivity contribution is 6.01. The highest BCUT2D eigenvalue weighted by Gasteiger charge is 2.30. The molecule has 1 atom stereocenters. The SMILES string of the molecule is C[NH+](Cc1ccc(C(F)(F)F)cc1)Cc1nc2c(oc3ccccc32)c(=O)[nH]1. The van der Waals surface area contributed by atoms with E-state index in [0.29, 0.717) is 30.0 Å². The number of benzene rings is 2. The Labute approximate surface area is 157 Å². The zero-order valence-corrected chi connectivity index (χ0v) is 14.9. The molecule has 0 spiro atoms. The van der Waals surface area contributed by atoms with E-state index >= 15 is 0 Å². The minimum atomic E-state index is -4.34. The first-order valence-corrected chi connectivity index (χ1v) is 8.69. The molecule has 28 heavy (non-hydrogen) atoms. The lowest BCUT2D eigenvalue weighted by molar-refractivity contribution is -0.908. The molecule has 4 rings (SSSR count). The molecule has 0 radical (unpaired) electrons. The molecule has 0 aliphatic carbocycles. The average molecular weight is 388 g/mol. The summed E-state index contributed by atoms with van der Waals surface area (Å²) in [6.45, 7) is 0.901. The molecule has 2 N–H and O–H groups in total. The van der Waals surface area contributed by atoms with Gasteiger partial charge in [-0.3, -0.25) is 4.79 Å². The number of nitrogens with zero attached hydrogens (tertiary/aromatic N) is 1. The Bertz CT molecular complexity index is 1190. The number of aromatic nitrogens is 2. The molecule has 0 saturated carbocycles. The summed E-state index contributed by atoms with van der Waals surface area (Å²) in [7, 11) is 1.88. The Balaban J connectivity index is 1.56. The number of rotatable bonds is 4. The lowest BCUT2D eigenvalue weighted by Gasteiger charge is -2.14. The van der Waals surface area contributed by atoms with Gasteiger partial charge in [0.1, 0.15) is 24.2 Å². The van der Waals surface area contributed by atoms with E-state index in [1.165, 1.54) is 12.1 Å². The van der Waals surface area contributed by atoms with Crippen LogP contribution in [0.15, 0.2) is 57.7 Å². The van der Waals surface area contributed by atoms with Crippen molar-refractivity contribution in [1.29, 1.82) is 0 Å². The van der Waals surface area contributed by atoms with Crippen molar-refractivity contribution in [3.63, 3.8) is 0 Å². The van der Waals surface area contributed by atoms with E-state index in [-0.39, 0.29) is 11.1 Å². The Morgan fingerprint density at radius 3 is 2.50 bits per heavy atom. The van der Waals surface area contributed by atoms with Crippen LogP contribution in [0.1, 0.15) is 17.0 Å². The Morgan fingerprint density at radius 2 is 1.79 bits per heavy atom. The number of furan rings is 1. The molecule has 2 aromatic carbocycles. The zero-order chi connectivity index (χ0) is 19.9. The molecule has 8 heteroatoms. The summed E-state index contributed by atoms with van der Waals surface area (Å²) in [5.41, 5.74) is 1.04. The number of alkyl halides is 3. The van der Waals surface area contributed by atoms with E-state index in [9.17, 15) is 18.0 Å². The van der Waals surface area contributed by atoms with Gasteiger partial charge in [0.05, 0.1) is 12.6 Å². The minimum Gasteiger partial charge on any atom is -0.449 e. The van der Waals surface area contributed by atoms with Crippen LogP contribution in [0.5, 0.6) is 0 Å². The molecule has 144 valence electrons. The molecule has 0 bridgehead atoms. The van der Waals surface area contributed by atoms with Crippen LogP contribution in [0.3, 0.4) is 0 Å². The van der Waals surface area contributed by atoms with Crippen LogP contribution in [0.25, 0.3) is 22.1 Å². The number of para-hydroxylation sites is 1. The molecule has 0 aliphatic rings. The summed E-state index contributed by atoms with van der Waals surface area (Å²) in [6, 6.07) is 12.4. The van der Waals surface area contributed by atoms with Crippen LogP contribution >= 0.6 is 0 Å². The third kappa shape index (κ3) is 3.50. The van der Waals surface area contributed by atoms with E-state index in [4.69, 9.17) is 4.42 Å². The van der Waals surface area contributed by atoms with Crippen molar-refractivity contribution < 1.29 is 22.5 Å². The molecule has 0 fully saturated rings. The van der Waals surface area contributed by atoms with Crippen LogP contribution in [0.2, 0.25) is 0 Å². The third-order valence-corrected chi connectivity index (χ3v) is 4.54. The first kappa shape index (κ1) is 18.2. The van der Waals surface area contributed by atoms with Gasteiger partial charge in [-0.25, -0.2) is 4.98 Å². The second-order valence-electron chi connectivity index (χ2n) is 6.79. The predicted molar refractivity (Wildman–Crippen MR) is 97.9 cm³/mol. The molecule has 1 unspecified atom stereocenters. The van der Waals surface area contributed by atoms with Gasteiger partial charge < -0.3 is 14.3 Å². The fraction of sp³-hybridized carbons (Fsp3) is 0.200. The molecule has 0 saturated heterocycles. The van der Waals surface area contributed by atoms with Gasteiger partial charge >= 0.3 is 6.18 Å². The van der Waals surface area contributed by atoms with Crippen molar-refractivity contribution >= 4 is 22.1 Å². The van der Waals surface area contributed by atoms with Crippen molar-refractivity contribution in [3.8, 4) is 0 Å². The zero-order valence-electron chi connectivity index (χ0n) is 14.9. The van der Waals surface area contributed by atoms with Gasteiger partial charge in [0.25, 0.3) is 5.56 Å². The molecular formula is C20H17F3N3O2+. The molecule has 0 aliphatic heterocycles. The number of H-pyrrole nitrogens is 1. The molecule has 0 amide bonds. The molecule has 2 aromatic heterocycles. The van der Waals surface area contributed by atoms with E-state index < -0.39 is 11.7 Å². The monoisotopic (exact) mass is 388 g/mol. The smallest absolute Gasteiger partial charge is 0.416 e. The van der Waals surface area contributed by atoms with Gasteiger partial charge in [-0.15, -0.1) is 0 Å². The van der Waals surface area contributed by atoms with Gasteiger partial charge in [-0.1, -0.05) is 24.3 Å². The average Bonchev–Trinajstić information content (AvgIpc) is 3.01. The second-order valence-corrected chi connectivity index (χ2v) is 6.79. The molecule has 2 heterocycles. The molecule has 4 aromatic rings. The number of aromatic amines is 1. The van der Waals surface area contributed by atoms with Gasteiger partial charge in [-0.2, -0.15) is 13.2 Å². The second kappa shape index (κ2) is 6.79. The minimum absolute atomic E-state index is 0.186. The number of quaternary nitrogens is 1. The lowest BCUT2D eigenvalue weighted by atomic mass is 10.1. The normalized spacial score (nSPS) is 13.3. The summed E-state index contributed by atoms with van der Waals surface area (Å²) in [5.74, 6) is 0.494. The van der Waals surface area contributed by atoms with Crippen LogP contribution in [-0.4, -0.2) is 17.0 Å². The summed E-state index contributed by atoms with van der Waals surface area (Å²) in [6.07, 6.45) is -4.34. The van der Waals surface area contributed by atoms with Crippen molar-refractivity contribution in [1.82, 2.24) is 9.97 Å². The Hall–Kier alpha value is -3.13. The largest absolute Gasteiger partial charge is 0.449 e. The summed E-state index contributed by atoms with van der Waals surface area (Å²) < 4.78 is 43.6. The number of hydrogen-bond acceptors (Lipinski definition) is 3.